The Morgan fingerprint density at radius 1 is 1.08 bits per heavy atom. The number of furan rings is 1. The monoisotopic (exact) mass is 536 g/mol. The topological polar surface area (TPSA) is 92.3 Å². The first kappa shape index (κ1) is 25.3. The van der Waals surface area contributed by atoms with Crippen molar-refractivity contribution in [3.63, 3.8) is 0 Å². The van der Waals surface area contributed by atoms with Crippen LogP contribution in [0.1, 0.15) is 23.0 Å². The summed E-state index contributed by atoms with van der Waals surface area (Å²) in [5.41, 5.74) is 1.95. The molecular formula is C27H18Cl2N2O4S. The van der Waals surface area contributed by atoms with Crippen molar-refractivity contribution in [2.75, 3.05) is 11.9 Å². The van der Waals surface area contributed by atoms with E-state index in [1.807, 2.05) is 36.4 Å². The minimum absolute atomic E-state index is 0.177. The van der Waals surface area contributed by atoms with Crippen molar-refractivity contribution in [2.45, 2.75) is 6.92 Å². The van der Waals surface area contributed by atoms with Crippen LogP contribution in [0.5, 0.6) is 0 Å². The Morgan fingerprint density at radius 2 is 1.81 bits per heavy atom. The molecule has 2 heterocycles. The minimum Gasteiger partial charge on any atom is -0.462 e. The van der Waals surface area contributed by atoms with Crippen molar-refractivity contribution in [3.05, 3.63) is 93.0 Å². The molecule has 180 valence electrons. The summed E-state index contributed by atoms with van der Waals surface area (Å²) in [4.78, 5) is 25.7. The Hall–Kier alpha value is -3.83. The molecule has 1 amide bonds. The number of nitrogens with zero attached hydrogens (tertiary/aromatic N) is 1. The third-order valence-electron chi connectivity index (χ3n) is 5.07. The van der Waals surface area contributed by atoms with Gasteiger partial charge in [-0.3, -0.25) is 4.79 Å². The highest BCUT2D eigenvalue weighted by molar-refractivity contribution is 7.15. The van der Waals surface area contributed by atoms with E-state index in [0.29, 0.717) is 26.9 Å². The van der Waals surface area contributed by atoms with Crippen molar-refractivity contribution < 1.29 is 18.7 Å². The van der Waals surface area contributed by atoms with Gasteiger partial charge in [0.25, 0.3) is 5.91 Å². The lowest BCUT2D eigenvalue weighted by molar-refractivity contribution is -0.112. The van der Waals surface area contributed by atoms with E-state index >= 15 is 0 Å². The number of nitriles is 1. The maximum atomic E-state index is 13.0. The Bertz CT molecular complexity index is 1480. The number of anilines is 1. The van der Waals surface area contributed by atoms with Gasteiger partial charge in [-0.05, 0) is 36.8 Å². The first-order valence-corrected chi connectivity index (χ1v) is 12.4. The van der Waals surface area contributed by atoms with Crippen LogP contribution in [0.2, 0.25) is 10.0 Å². The van der Waals surface area contributed by atoms with E-state index in [1.165, 1.54) is 17.4 Å². The lowest BCUT2D eigenvalue weighted by atomic mass is 10.0. The maximum absolute atomic E-state index is 13.0. The smallest absolute Gasteiger partial charge is 0.341 e. The second kappa shape index (κ2) is 11.3. The second-order valence-corrected chi connectivity index (χ2v) is 9.06. The lowest BCUT2D eigenvalue weighted by Gasteiger charge is -2.08. The van der Waals surface area contributed by atoms with Crippen molar-refractivity contribution in [3.8, 4) is 28.5 Å². The zero-order chi connectivity index (χ0) is 25.7. The van der Waals surface area contributed by atoms with Crippen LogP contribution in [0.15, 0.2) is 76.0 Å². The third kappa shape index (κ3) is 5.37. The number of halogens is 2. The number of benzene rings is 2. The van der Waals surface area contributed by atoms with Crippen LogP contribution in [0.25, 0.3) is 28.5 Å². The Morgan fingerprint density at radius 3 is 2.47 bits per heavy atom. The molecule has 0 fully saturated rings. The van der Waals surface area contributed by atoms with E-state index in [1.54, 1.807) is 42.6 Å². The summed E-state index contributed by atoms with van der Waals surface area (Å²) >= 11 is 13.7. The summed E-state index contributed by atoms with van der Waals surface area (Å²) in [5, 5.41) is 15.2. The highest BCUT2D eigenvalue weighted by Gasteiger charge is 2.24. The zero-order valence-corrected chi connectivity index (χ0v) is 21.2. The average Bonchev–Trinajstić information content (AvgIpc) is 3.50. The van der Waals surface area contributed by atoms with Gasteiger partial charge in [0.2, 0.25) is 0 Å². The molecule has 2 aromatic heterocycles. The molecule has 0 bridgehead atoms. The number of ether oxygens (including phenoxy) is 1. The normalized spacial score (nSPS) is 11.1. The number of nitrogens with one attached hydrogen (secondary N) is 1. The number of carbonyl (C=O) groups is 2. The third-order valence-corrected chi connectivity index (χ3v) is 6.60. The summed E-state index contributed by atoms with van der Waals surface area (Å²) in [6.07, 6.45) is 1.30. The molecule has 0 atom stereocenters. The van der Waals surface area contributed by atoms with Crippen LogP contribution in [-0.2, 0) is 9.53 Å². The largest absolute Gasteiger partial charge is 0.462 e. The minimum atomic E-state index is -0.696. The predicted octanol–water partition coefficient (Wildman–Crippen LogP) is 7.70. The molecule has 1 N–H and O–H groups in total. The van der Waals surface area contributed by atoms with Crippen molar-refractivity contribution in [1.29, 1.82) is 5.26 Å². The maximum Gasteiger partial charge on any atom is 0.341 e. The quantitative estimate of drug-likeness (QED) is 0.148. The van der Waals surface area contributed by atoms with Crippen molar-refractivity contribution >= 4 is 57.5 Å². The number of esters is 1. The molecule has 0 aliphatic heterocycles. The highest BCUT2D eigenvalue weighted by Crippen LogP contribution is 2.37. The molecule has 36 heavy (non-hydrogen) atoms. The Balaban J connectivity index is 1.63. The molecule has 4 aromatic rings. The molecule has 0 saturated carbocycles. The summed E-state index contributed by atoms with van der Waals surface area (Å²) in [5.74, 6) is -0.611. The molecule has 2 aromatic carbocycles. The molecule has 0 unspecified atom stereocenters. The van der Waals surface area contributed by atoms with Gasteiger partial charge in [-0.2, -0.15) is 5.26 Å². The van der Waals surface area contributed by atoms with Gasteiger partial charge in [-0.25, -0.2) is 4.79 Å². The number of rotatable bonds is 7. The van der Waals surface area contributed by atoms with E-state index in [2.05, 4.69) is 5.32 Å². The molecule has 0 aliphatic rings. The first-order chi connectivity index (χ1) is 17.4. The SMILES string of the molecule is CCOC(=O)c1c(-c2ccccc2)csc1NC(=O)/C(C#N)=C/c1ccc(-c2c(Cl)cccc2Cl)o1. The lowest BCUT2D eigenvalue weighted by Crippen LogP contribution is -2.16. The van der Waals surface area contributed by atoms with E-state index < -0.39 is 11.9 Å². The standard InChI is InChI=1S/C27H18Cl2N2O4S/c1-2-34-27(33)23-19(16-7-4-3-5-8-16)15-36-26(23)31-25(32)17(14-30)13-18-11-12-22(35-18)24-20(28)9-6-10-21(24)29/h3-13,15H,2H2,1H3,(H,31,32)/b17-13+. The predicted molar refractivity (Wildman–Crippen MR) is 142 cm³/mol. The van der Waals surface area contributed by atoms with Gasteiger partial charge in [0.15, 0.2) is 0 Å². The molecule has 0 spiro atoms. The Labute approximate surface area is 221 Å². The van der Waals surface area contributed by atoms with Crippen LogP contribution < -0.4 is 5.32 Å². The summed E-state index contributed by atoms with van der Waals surface area (Å²) in [6, 6.07) is 19.5. The van der Waals surface area contributed by atoms with E-state index in [4.69, 9.17) is 32.4 Å². The highest BCUT2D eigenvalue weighted by atomic mass is 35.5. The van der Waals surface area contributed by atoms with Gasteiger partial charge in [0.1, 0.15) is 33.7 Å². The van der Waals surface area contributed by atoms with Gasteiger partial charge in [-0.1, -0.05) is 59.6 Å². The zero-order valence-electron chi connectivity index (χ0n) is 18.9. The molecule has 6 nitrogen and oxygen atoms in total. The molecule has 0 saturated heterocycles. The number of thiophene rings is 1. The average molecular weight is 537 g/mol. The van der Waals surface area contributed by atoms with E-state index in [9.17, 15) is 14.9 Å². The van der Waals surface area contributed by atoms with Gasteiger partial charge in [0, 0.05) is 17.0 Å². The van der Waals surface area contributed by atoms with Crippen LogP contribution in [0.3, 0.4) is 0 Å². The fraction of sp³-hybridized carbons (Fsp3) is 0.0741. The fourth-order valence-corrected chi connectivity index (χ4v) is 4.98. The van der Waals surface area contributed by atoms with Gasteiger partial charge in [0.05, 0.1) is 22.2 Å². The molecular weight excluding hydrogens is 519 g/mol. The Kier molecular flexibility index (Phi) is 7.91. The molecule has 9 heteroatoms. The van der Waals surface area contributed by atoms with Crippen LogP contribution in [-0.4, -0.2) is 18.5 Å². The molecule has 0 aliphatic carbocycles. The number of carbonyl (C=O) groups excluding carboxylic acids is 2. The summed E-state index contributed by atoms with van der Waals surface area (Å²) in [6.45, 7) is 1.88. The molecule has 0 radical (unpaired) electrons. The van der Waals surface area contributed by atoms with Gasteiger partial charge in [-0.15, -0.1) is 11.3 Å². The number of hydrogen-bond donors (Lipinski definition) is 1. The summed E-state index contributed by atoms with van der Waals surface area (Å²) < 4.78 is 11.0. The van der Waals surface area contributed by atoms with Crippen LogP contribution >= 0.6 is 34.5 Å². The molecule has 4 rings (SSSR count). The van der Waals surface area contributed by atoms with E-state index in [0.717, 1.165) is 5.56 Å². The van der Waals surface area contributed by atoms with Crippen LogP contribution in [0, 0.1) is 11.3 Å². The van der Waals surface area contributed by atoms with E-state index in [-0.39, 0.29) is 28.5 Å². The number of amides is 1. The van der Waals surface area contributed by atoms with Crippen LogP contribution in [0.4, 0.5) is 5.00 Å². The van der Waals surface area contributed by atoms with Gasteiger partial charge >= 0.3 is 5.97 Å². The van der Waals surface area contributed by atoms with Gasteiger partial charge < -0.3 is 14.5 Å². The van der Waals surface area contributed by atoms with Crippen molar-refractivity contribution in [1.82, 2.24) is 0 Å². The van der Waals surface area contributed by atoms with Crippen molar-refractivity contribution in [2.24, 2.45) is 0 Å². The second-order valence-electron chi connectivity index (χ2n) is 7.36. The number of hydrogen-bond acceptors (Lipinski definition) is 6. The fourth-order valence-electron chi connectivity index (χ4n) is 3.45. The first-order valence-electron chi connectivity index (χ1n) is 10.7. The summed E-state index contributed by atoms with van der Waals surface area (Å²) in [7, 11) is 0.